The van der Waals surface area contributed by atoms with Crippen LogP contribution in [0.2, 0.25) is 5.02 Å². The second-order valence-electron chi connectivity index (χ2n) is 7.00. The van der Waals surface area contributed by atoms with Crippen LogP contribution in [0.25, 0.3) is 6.08 Å². The fourth-order valence-corrected chi connectivity index (χ4v) is 3.79. The highest BCUT2D eigenvalue weighted by molar-refractivity contribution is 9.10. The van der Waals surface area contributed by atoms with Gasteiger partial charge < -0.3 is 19.5 Å². The summed E-state index contributed by atoms with van der Waals surface area (Å²) in [4.78, 5) is 12.6. The van der Waals surface area contributed by atoms with E-state index in [4.69, 9.17) is 25.8 Å². The molecule has 0 bridgehead atoms. The molecular formula is C26H22BrClN2O4. The lowest BCUT2D eigenvalue weighted by Gasteiger charge is -2.15. The Morgan fingerprint density at radius 1 is 1.15 bits per heavy atom. The van der Waals surface area contributed by atoms with Crippen molar-refractivity contribution in [3.8, 4) is 23.3 Å². The van der Waals surface area contributed by atoms with Gasteiger partial charge in [-0.2, -0.15) is 5.26 Å². The van der Waals surface area contributed by atoms with Crippen LogP contribution in [-0.2, 0) is 11.4 Å². The van der Waals surface area contributed by atoms with Crippen molar-refractivity contribution in [2.75, 3.05) is 19.0 Å². The summed E-state index contributed by atoms with van der Waals surface area (Å²) in [5.74, 6) is 1.11. The van der Waals surface area contributed by atoms with Crippen molar-refractivity contribution in [2.45, 2.75) is 13.5 Å². The van der Waals surface area contributed by atoms with E-state index in [0.717, 1.165) is 5.56 Å². The van der Waals surface area contributed by atoms with E-state index in [9.17, 15) is 10.1 Å². The number of methoxy groups -OCH3 is 1. The molecule has 1 N–H and O–H groups in total. The largest absolute Gasteiger partial charge is 0.497 e. The normalized spacial score (nSPS) is 10.9. The second-order valence-corrected chi connectivity index (χ2v) is 8.26. The Morgan fingerprint density at radius 2 is 1.88 bits per heavy atom. The molecular weight excluding hydrogens is 520 g/mol. The summed E-state index contributed by atoms with van der Waals surface area (Å²) in [6, 6.07) is 19.7. The standard InChI is InChI=1S/C26H22BrClN2O4/c1-3-33-24-14-17(13-22(27)25(24)34-16-18-6-4-5-7-23(18)28)12-19(15-29)26(31)30-20-8-10-21(32-2)11-9-20/h4-14H,3,16H2,1-2H3,(H,30,31)/b19-12-. The molecule has 0 heterocycles. The van der Waals surface area contributed by atoms with Gasteiger partial charge in [0.05, 0.1) is 18.2 Å². The average Bonchev–Trinajstić information content (AvgIpc) is 2.83. The molecule has 6 nitrogen and oxygen atoms in total. The maximum Gasteiger partial charge on any atom is 0.266 e. The molecule has 0 aliphatic heterocycles. The van der Waals surface area contributed by atoms with Crippen molar-refractivity contribution in [2.24, 2.45) is 0 Å². The molecule has 0 fully saturated rings. The van der Waals surface area contributed by atoms with Crippen LogP contribution in [0.1, 0.15) is 18.1 Å². The van der Waals surface area contributed by atoms with Gasteiger partial charge >= 0.3 is 0 Å². The minimum atomic E-state index is -0.527. The van der Waals surface area contributed by atoms with E-state index in [1.807, 2.05) is 31.2 Å². The van der Waals surface area contributed by atoms with Crippen LogP contribution in [0, 0.1) is 11.3 Å². The van der Waals surface area contributed by atoms with Gasteiger partial charge in [0, 0.05) is 16.3 Å². The summed E-state index contributed by atoms with van der Waals surface area (Å²) in [6.45, 7) is 2.52. The predicted octanol–water partition coefficient (Wildman–Crippen LogP) is 6.63. The molecule has 0 spiro atoms. The van der Waals surface area contributed by atoms with Crippen molar-refractivity contribution >= 4 is 45.2 Å². The van der Waals surface area contributed by atoms with E-state index < -0.39 is 5.91 Å². The molecule has 8 heteroatoms. The number of amides is 1. The first-order valence-corrected chi connectivity index (χ1v) is 11.5. The third-order valence-electron chi connectivity index (χ3n) is 4.69. The molecule has 1 amide bonds. The molecule has 0 unspecified atom stereocenters. The zero-order valence-electron chi connectivity index (χ0n) is 18.6. The number of benzene rings is 3. The van der Waals surface area contributed by atoms with E-state index in [2.05, 4.69) is 21.2 Å². The van der Waals surface area contributed by atoms with Gasteiger partial charge in [-0.15, -0.1) is 0 Å². The predicted molar refractivity (Wildman–Crippen MR) is 136 cm³/mol. The van der Waals surface area contributed by atoms with Gasteiger partial charge in [-0.3, -0.25) is 4.79 Å². The van der Waals surface area contributed by atoms with Gasteiger partial charge in [0.25, 0.3) is 5.91 Å². The van der Waals surface area contributed by atoms with Crippen LogP contribution < -0.4 is 19.5 Å². The summed E-state index contributed by atoms with van der Waals surface area (Å²) in [5.41, 5.74) is 1.92. The van der Waals surface area contributed by atoms with E-state index in [0.29, 0.717) is 44.6 Å². The first-order valence-electron chi connectivity index (χ1n) is 10.3. The maximum absolute atomic E-state index is 12.6. The fraction of sp³-hybridized carbons (Fsp3) is 0.154. The lowest BCUT2D eigenvalue weighted by molar-refractivity contribution is -0.112. The number of halogens is 2. The first kappa shape index (κ1) is 25.2. The Labute approximate surface area is 211 Å². The van der Waals surface area contributed by atoms with Crippen LogP contribution in [0.4, 0.5) is 5.69 Å². The van der Waals surface area contributed by atoms with Gasteiger partial charge in [0.1, 0.15) is 24.0 Å². The van der Waals surface area contributed by atoms with Crippen molar-refractivity contribution in [1.82, 2.24) is 0 Å². The molecule has 0 radical (unpaired) electrons. The van der Waals surface area contributed by atoms with Crippen LogP contribution in [-0.4, -0.2) is 19.6 Å². The average molecular weight is 542 g/mol. The number of hydrogen-bond donors (Lipinski definition) is 1. The van der Waals surface area contributed by atoms with E-state index in [1.165, 1.54) is 6.08 Å². The minimum Gasteiger partial charge on any atom is -0.497 e. The smallest absolute Gasteiger partial charge is 0.266 e. The first-order chi connectivity index (χ1) is 16.4. The van der Waals surface area contributed by atoms with Crippen LogP contribution in [0.3, 0.4) is 0 Å². The van der Waals surface area contributed by atoms with Crippen molar-refractivity contribution in [3.63, 3.8) is 0 Å². The van der Waals surface area contributed by atoms with Gasteiger partial charge in [-0.05, 0) is 77.0 Å². The molecule has 0 aliphatic carbocycles. The molecule has 34 heavy (non-hydrogen) atoms. The van der Waals surface area contributed by atoms with Crippen LogP contribution in [0.5, 0.6) is 17.2 Å². The number of carbonyl (C=O) groups is 1. The third-order valence-corrected chi connectivity index (χ3v) is 5.64. The molecule has 3 rings (SSSR count). The van der Waals surface area contributed by atoms with Gasteiger partial charge in [-0.25, -0.2) is 0 Å². The quantitative estimate of drug-likeness (QED) is 0.243. The Hall–Kier alpha value is -3.47. The summed E-state index contributed by atoms with van der Waals surface area (Å²) in [6.07, 6.45) is 1.49. The summed E-state index contributed by atoms with van der Waals surface area (Å²) in [7, 11) is 1.56. The molecule has 0 aromatic heterocycles. The molecule has 0 aliphatic rings. The SMILES string of the molecule is CCOc1cc(/C=C(/C#N)C(=O)Nc2ccc(OC)cc2)cc(Br)c1OCc1ccccc1Cl. The lowest BCUT2D eigenvalue weighted by Crippen LogP contribution is -2.13. The van der Waals surface area contributed by atoms with Crippen molar-refractivity contribution < 1.29 is 19.0 Å². The fourth-order valence-electron chi connectivity index (χ4n) is 3.03. The van der Waals surface area contributed by atoms with Crippen LogP contribution >= 0.6 is 27.5 Å². The highest BCUT2D eigenvalue weighted by Crippen LogP contribution is 2.38. The second kappa shape index (κ2) is 12.1. The Bertz CT molecular complexity index is 1240. The zero-order chi connectivity index (χ0) is 24.5. The lowest BCUT2D eigenvalue weighted by atomic mass is 10.1. The number of nitriles is 1. The minimum absolute atomic E-state index is 0.0603. The van der Waals surface area contributed by atoms with Crippen molar-refractivity contribution in [1.29, 1.82) is 5.26 Å². The number of carbonyl (C=O) groups excluding carboxylic acids is 1. The number of nitrogens with zero attached hydrogens (tertiary/aromatic N) is 1. The number of nitrogens with one attached hydrogen (secondary N) is 1. The molecule has 0 saturated heterocycles. The summed E-state index contributed by atoms with van der Waals surface area (Å²) < 4.78 is 17.5. The summed E-state index contributed by atoms with van der Waals surface area (Å²) >= 11 is 9.74. The van der Waals surface area contributed by atoms with Gasteiger partial charge in [0.2, 0.25) is 0 Å². The summed E-state index contributed by atoms with van der Waals surface area (Å²) in [5, 5.41) is 12.9. The highest BCUT2D eigenvalue weighted by atomic mass is 79.9. The monoisotopic (exact) mass is 540 g/mol. The van der Waals surface area contributed by atoms with E-state index in [1.54, 1.807) is 49.6 Å². The molecule has 3 aromatic rings. The number of ether oxygens (including phenoxy) is 3. The number of rotatable bonds is 9. The van der Waals surface area contributed by atoms with E-state index >= 15 is 0 Å². The zero-order valence-corrected chi connectivity index (χ0v) is 20.9. The highest BCUT2D eigenvalue weighted by Gasteiger charge is 2.15. The molecule has 3 aromatic carbocycles. The van der Waals surface area contributed by atoms with Crippen molar-refractivity contribution in [3.05, 3.63) is 86.9 Å². The third kappa shape index (κ3) is 6.53. The molecule has 0 saturated carbocycles. The topological polar surface area (TPSA) is 80.6 Å². The molecule has 0 atom stereocenters. The molecule has 174 valence electrons. The number of hydrogen-bond acceptors (Lipinski definition) is 5. The van der Waals surface area contributed by atoms with Gasteiger partial charge in [0.15, 0.2) is 11.5 Å². The Kier molecular flexibility index (Phi) is 8.97. The number of anilines is 1. The van der Waals surface area contributed by atoms with E-state index in [-0.39, 0.29) is 12.2 Å². The van der Waals surface area contributed by atoms with Gasteiger partial charge in [-0.1, -0.05) is 29.8 Å². The Balaban J connectivity index is 1.83. The van der Waals surface area contributed by atoms with Crippen LogP contribution in [0.15, 0.2) is 70.7 Å². The maximum atomic E-state index is 12.6. The Morgan fingerprint density at radius 3 is 2.53 bits per heavy atom.